The van der Waals surface area contributed by atoms with Crippen LogP contribution in [0.2, 0.25) is 0 Å². The van der Waals surface area contributed by atoms with Crippen molar-refractivity contribution in [2.45, 2.75) is 83.4 Å². The van der Waals surface area contributed by atoms with Gasteiger partial charge in [0.15, 0.2) is 6.29 Å². The smallest absolute Gasteiger partial charge is 0.408 e. The van der Waals surface area contributed by atoms with Crippen LogP contribution in [0.25, 0.3) is 0 Å². The van der Waals surface area contributed by atoms with Crippen molar-refractivity contribution in [3.63, 3.8) is 0 Å². The first kappa shape index (κ1) is 34.3. The SMILES string of the molecule is CC(C)(C)OC(=O)N[C@H]1C(OCc2ccccc2)O[C@H](COCc2ccccc2)[C@@H](OCc2ccccc2)[C@@H]1OCc1ccccc1. The zero-order chi connectivity index (χ0) is 32.9. The average Bonchev–Trinajstić information content (AvgIpc) is 3.07. The van der Waals surface area contributed by atoms with Crippen molar-refractivity contribution in [3.8, 4) is 0 Å². The lowest BCUT2D eigenvalue weighted by atomic mass is 9.96. The molecule has 1 aliphatic heterocycles. The third-order valence-electron chi connectivity index (χ3n) is 7.55. The highest BCUT2D eigenvalue weighted by atomic mass is 16.7. The second kappa shape index (κ2) is 17.2. The van der Waals surface area contributed by atoms with Crippen LogP contribution in [0, 0.1) is 0 Å². The summed E-state index contributed by atoms with van der Waals surface area (Å²) in [6, 6.07) is 38.8. The van der Waals surface area contributed by atoms with Crippen LogP contribution in [-0.4, -0.2) is 48.9 Å². The van der Waals surface area contributed by atoms with E-state index in [2.05, 4.69) is 5.32 Å². The predicted octanol–water partition coefficient (Wildman–Crippen LogP) is 7.21. The van der Waals surface area contributed by atoms with Crippen LogP contribution in [-0.2, 0) is 54.8 Å². The lowest BCUT2D eigenvalue weighted by Crippen LogP contribution is -2.66. The van der Waals surface area contributed by atoms with Gasteiger partial charge in [-0.25, -0.2) is 4.79 Å². The molecule has 1 aliphatic rings. The van der Waals surface area contributed by atoms with Crippen molar-refractivity contribution in [2.24, 2.45) is 0 Å². The molecule has 1 N–H and O–H groups in total. The van der Waals surface area contributed by atoms with Crippen molar-refractivity contribution in [1.29, 1.82) is 0 Å². The van der Waals surface area contributed by atoms with E-state index < -0.39 is 42.3 Å². The van der Waals surface area contributed by atoms with E-state index in [4.69, 9.17) is 28.4 Å². The summed E-state index contributed by atoms with van der Waals surface area (Å²) in [4.78, 5) is 13.3. The molecule has 1 amide bonds. The Morgan fingerprint density at radius 3 is 1.51 bits per heavy atom. The van der Waals surface area contributed by atoms with E-state index in [9.17, 15) is 4.79 Å². The number of alkyl carbamates (subject to hydrolysis) is 1. The maximum atomic E-state index is 13.3. The predicted molar refractivity (Wildman–Crippen MR) is 179 cm³/mol. The number of amides is 1. The molecule has 0 bridgehead atoms. The Labute approximate surface area is 277 Å². The summed E-state index contributed by atoms with van der Waals surface area (Å²) < 4.78 is 38.3. The molecule has 8 heteroatoms. The van der Waals surface area contributed by atoms with Crippen LogP contribution in [0.5, 0.6) is 0 Å². The van der Waals surface area contributed by atoms with Gasteiger partial charge in [0.1, 0.15) is 30.0 Å². The molecular formula is C39H45NO7. The summed E-state index contributed by atoms with van der Waals surface area (Å²) in [5.74, 6) is 0. The van der Waals surface area contributed by atoms with Crippen LogP contribution in [0.4, 0.5) is 4.79 Å². The molecule has 0 spiro atoms. The highest BCUT2D eigenvalue weighted by Crippen LogP contribution is 2.30. The molecular weight excluding hydrogens is 594 g/mol. The van der Waals surface area contributed by atoms with E-state index in [0.29, 0.717) is 13.2 Å². The van der Waals surface area contributed by atoms with Crippen molar-refractivity contribution >= 4 is 6.09 Å². The highest BCUT2D eigenvalue weighted by Gasteiger charge is 2.49. The second-order valence-corrected chi connectivity index (χ2v) is 12.5. The Kier molecular flexibility index (Phi) is 12.5. The topological polar surface area (TPSA) is 84.5 Å². The van der Waals surface area contributed by atoms with Crippen LogP contribution >= 0.6 is 0 Å². The number of hydrogen-bond donors (Lipinski definition) is 1. The van der Waals surface area contributed by atoms with Gasteiger partial charge in [0.25, 0.3) is 0 Å². The van der Waals surface area contributed by atoms with Gasteiger partial charge in [-0.15, -0.1) is 0 Å². The Balaban J connectivity index is 1.45. The normalized spacial score (nSPS) is 21.2. The zero-order valence-electron chi connectivity index (χ0n) is 27.3. The van der Waals surface area contributed by atoms with Crippen LogP contribution in [0.1, 0.15) is 43.0 Å². The molecule has 5 atom stereocenters. The van der Waals surface area contributed by atoms with Gasteiger partial charge in [-0.2, -0.15) is 0 Å². The maximum absolute atomic E-state index is 13.3. The molecule has 248 valence electrons. The van der Waals surface area contributed by atoms with E-state index >= 15 is 0 Å². The molecule has 1 saturated heterocycles. The summed E-state index contributed by atoms with van der Waals surface area (Å²) in [5, 5.41) is 3.02. The summed E-state index contributed by atoms with van der Waals surface area (Å²) in [5.41, 5.74) is 3.28. The molecule has 8 nitrogen and oxygen atoms in total. The molecule has 47 heavy (non-hydrogen) atoms. The first-order chi connectivity index (χ1) is 22.8. The van der Waals surface area contributed by atoms with Gasteiger partial charge in [0.2, 0.25) is 0 Å². The molecule has 4 aromatic rings. The van der Waals surface area contributed by atoms with Crippen molar-refractivity contribution < 1.29 is 33.2 Å². The lowest BCUT2D eigenvalue weighted by molar-refractivity contribution is -0.293. The van der Waals surface area contributed by atoms with Crippen molar-refractivity contribution in [3.05, 3.63) is 144 Å². The van der Waals surface area contributed by atoms with Crippen LogP contribution in [0.15, 0.2) is 121 Å². The third kappa shape index (κ3) is 11.0. The van der Waals surface area contributed by atoms with Gasteiger partial charge < -0.3 is 33.7 Å². The number of hydrogen-bond acceptors (Lipinski definition) is 7. The molecule has 4 aromatic carbocycles. The minimum atomic E-state index is -0.898. The fraction of sp³-hybridized carbons (Fsp3) is 0.359. The molecule has 0 aromatic heterocycles. The largest absolute Gasteiger partial charge is 0.444 e. The Morgan fingerprint density at radius 2 is 1.04 bits per heavy atom. The van der Waals surface area contributed by atoms with E-state index in [1.165, 1.54) is 0 Å². The number of carbonyl (C=O) groups excluding carboxylic acids is 1. The summed E-state index contributed by atoms with van der Waals surface area (Å²) in [6.45, 7) is 6.93. The highest BCUT2D eigenvalue weighted by molar-refractivity contribution is 5.68. The number of benzene rings is 4. The number of rotatable bonds is 14. The van der Waals surface area contributed by atoms with Gasteiger partial charge in [-0.1, -0.05) is 121 Å². The maximum Gasteiger partial charge on any atom is 0.408 e. The van der Waals surface area contributed by atoms with Gasteiger partial charge in [0.05, 0.1) is 33.0 Å². The number of ether oxygens (including phenoxy) is 6. The molecule has 1 fully saturated rings. The molecule has 0 saturated carbocycles. The summed E-state index contributed by atoms with van der Waals surface area (Å²) in [6.07, 6.45) is -3.41. The van der Waals surface area contributed by atoms with E-state index in [1.807, 2.05) is 142 Å². The molecule has 0 aliphatic carbocycles. The van der Waals surface area contributed by atoms with Gasteiger partial charge in [-0.05, 0) is 43.0 Å². The van der Waals surface area contributed by atoms with E-state index in [-0.39, 0.29) is 19.8 Å². The minimum absolute atomic E-state index is 0.212. The van der Waals surface area contributed by atoms with Crippen molar-refractivity contribution in [1.82, 2.24) is 5.32 Å². The standard InChI is InChI=1S/C39H45NO7/c1-39(2,3)47-38(41)40-34-36(44-26-31-20-12-6-13-21-31)35(43-25-30-18-10-5-11-19-30)33(28-42-24-29-16-8-4-9-17-29)46-37(34)45-27-32-22-14-7-15-23-32/h4-23,33-37H,24-28H2,1-3H3,(H,40,41)/t33-,34-,35-,36-,37?/m1/s1. The van der Waals surface area contributed by atoms with Gasteiger partial charge in [-0.3, -0.25) is 0 Å². The fourth-order valence-electron chi connectivity index (χ4n) is 5.33. The van der Waals surface area contributed by atoms with E-state index in [0.717, 1.165) is 22.3 Å². The fourth-order valence-corrected chi connectivity index (χ4v) is 5.33. The van der Waals surface area contributed by atoms with E-state index in [1.54, 1.807) is 0 Å². The minimum Gasteiger partial charge on any atom is -0.444 e. The lowest BCUT2D eigenvalue weighted by Gasteiger charge is -2.46. The average molecular weight is 640 g/mol. The molecule has 1 heterocycles. The Hall–Kier alpha value is -4.05. The van der Waals surface area contributed by atoms with Gasteiger partial charge >= 0.3 is 6.09 Å². The van der Waals surface area contributed by atoms with Gasteiger partial charge in [0, 0.05) is 0 Å². The molecule has 5 rings (SSSR count). The monoisotopic (exact) mass is 639 g/mol. The van der Waals surface area contributed by atoms with Crippen LogP contribution < -0.4 is 5.32 Å². The molecule has 1 unspecified atom stereocenters. The number of nitrogens with one attached hydrogen (secondary N) is 1. The second-order valence-electron chi connectivity index (χ2n) is 12.5. The summed E-state index contributed by atoms with van der Waals surface area (Å²) in [7, 11) is 0. The van der Waals surface area contributed by atoms with Crippen molar-refractivity contribution in [2.75, 3.05) is 6.61 Å². The quantitative estimate of drug-likeness (QED) is 0.156. The first-order valence-corrected chi connectivity index (χ1v) is 16.1. The van der Waals surface area contributed by atoms with Crippen LogP contribution in [0.3, 0.4) is 0 Å². The zero-order valence-corrected chi connectivity index (χ0v) is 27.3. The first-order valence-electron chi connectivity index (χ1n) is 16.1. The number of carbonyl (C=O) groups is 1. The third-order valence-corrected chi connectivity index (χ3v) is 7.55. The summed E-state index contributed by atoms with van der Waals surface area (Å²) >= 11 is 0. The Bertz CT molecular complexity index is 1470. The Morgan fingerprint density at radius 1 is 0.617 bits per heavy atom. The molecule has 0 radical (unpaired) electrons.